The first-order chi connectivity index (χ1) is 9.74. The van der Waals surface area contributed by atoms with Crippen LogP contribution in [0.1, 0.15) is 0 Å². The number of hydrogen-bond donors (Lipinski definition) is 0. The minimum atomic E-state index is -0.101. The molecular weight excluding hydrogens is 276 g/mol. The Labute approximate surface area is 119 Å². The molecule has 0 aliphatic heterocycles. The van der Waals surface area contributed by atoms with Crippen LogP contribution in [0.3, 0.4) is 0 Å². The highest BCUT2D eigenvalue weighted by molar-refractivity contribution is 7.13. The summed E-state index contributed by atoms with van der Waals surface area (Å²) in [7, 11) is 3.07. The molecular formula is C15H12O4S. The molecule has 0 radical (unpaired) electrons. The van der Waals surface area contributed by atoms with Crippen LogP contribution in [0.15, 0.2) is 44.9 Å². The Morgan fingerprint density at radius 2 is 2.00 bits per heavy atom. The molecule has 5 heteroatoms. The van der Waals surface area contributed by atoms with E-state index >= 15 is 0 Å². The van der Waals surface area contributed by atoms with Crippen LogP contribution in [0.5, 0.6) is 11.5 Å². The van der Waals surface area contributed by atoms with Gasteiger partial charge in [0.2, 0.25) is 5.75 Å². The number of fused-ring (bicyclic) bond motifs is 1. The lowest BCUT2D eigenvalue weighted by Crippen LogP contribution is -2.02. The van der Waals surface area contributed by atoms with Gasteiger partial charge in [-0.1, -0.05) is 6.07 Å². The zero-order valence-electron chi connectivity index (χ0n) is 11.0. The van der Waals surface area contributed by atoms with Gasteiger partial charge in [-0.05, 0) is 23.6 Å². The maximum Gasteiger partial charge on any atom is 0.204 e. The molecule has 0 aliphatic carbocycles. The third-order valence-electron chi connectivity index (χ3n) is 3.00. The fourth-order valence-electron chi connectivity index (χ4n) is 2.07. The predicted molar refractivity (Wildman–Crippen MR) is 78.9 cm³/mol. The third-order valence-corrected chi connectivity index (χ3v) is 3.89. The summed E-state index contributed by atoms with van der Waals surface area (Å²) in [6.45, 7) is 0. The van der Waals surface area contributed by atoms with Gasteiger partial charge in [0.25, 0.3) is 0 Å². The minimum Gasteiger partial charge on any atom is -0.493 e. The van der Waals surface area contributed by atoms with E-state index < -0.39 is 0 Å². The van der Waals surface area contributed by atoms with E-state index in [1.54, 1.807) is 19.2 Å². The highest BCUT2D eigenvalue weighted by atomic mass is 32.1. The van der Waals surface area contributed by atoms with E-state index in [2.05, 4.69) is 0 Å². The van der Waals surface area contributed by atoms with Gasteiger partial charge >= 0.3 is 0 Å². The Morgan fingerprint density at radius 1 is 1.15 bits per heavy atom. The van der Waals surface area contributed by atoms with Crippen molar-refractivity contribution in [1.82, 2.24) is 0 Å². The second-order valence-electron chi connectivity index (χ2n) is 4.13. The van der Waals surface area contributed by atoms with Crippen molar-refractivity contribution < 1.29 is 13.9 Å². The quantitative estimate of drug-likeness (QED) is 0.739. The van der Waals surface area contributed by atoms with Crippen molar-refractivity contribution in [2.75, 3.05) is 14.2 Å². The number of hydrogen-bond acceptors (Lipinski definition) is 5. The van der Waals surface area contributed by atoms with E-state index in [0.29, 0.717) is 28.2 Å². The fourth-order valence-corrected chi connectivity index (χ4v) is 2.75. The first-order valence-electron chi connectivity index (χ1n) is 5.97. The zero-order chi connectivity index (χ0) is 14.1. The van der Waals surface area contributed by atoms with E-state index in [4.69, 9.17) is 13.9 Å². The van der Waals surface area contributed by atoms with Gasteiger partial charge in [0, 0.05) is 6.07 Å². The molecule has 0 amide bonds. The number of rotatable bonds is 3. The average Bonchev–Trinajstić information content (AvgIpc) is 3.00. The molecule has 0 N–H and O–H groups in total. The molecule has 0 aliphatic rings. The molecule has 1 aromatic carbocycles. The highest BCUT2D eigenvalue weighted by Crippen LogP contribution is 2.36. The van der Waals surface area contributed by atoms with Crippen LogP contribution in [0, 0.1) is 0 Å². The van der Waals surface area contributed by atoms with E-state index in [9.17, 15) is 4.79 Å². The third kappa shape index (κ3) is 1.96. The summed E-state index contributed by atoms with van der Waals surface area (Å²) in [5, 5.41) is 2.41. The Hall–Kier alpha value is -2.27. The van der Waals surface area contributed by atoms with Crippen LogP contribution in [-0.4, -0.2) is 14.2 Å². The van der Waals surface area contributed by atoms with Crippen LogP contribution >= 0.6 is 11.3 Å². The van der Waals surface area contributed by atoms with Gasteiger partial charge in [-0.3, -0.25) is 4.79 Å². The van der Waals surface area contributed by atoms with Crippen LogP contribution < -0.4 is 14.9 Å². The lowest BCUT2D eigenvalue weighted by atomic mass is 10.2. The molecule has 0 atom stereocenters. The molecule has 0 unspecified atom stereocenters. The van der Waals surface area contributed by atoms with E-state index in [-0.39, 0.29) is 5.43 Å². The molecule has 3 rings (SSSR count). The second-order valence-corrected chi connectivity index (χ2v) is 5.08. The van der Waals surface area contributed by atoms with Crippen molar-refractivity contribution in [3.63, 3.8) is 0 Å². The molecule has 0 bridgehead atoms. The number of benzene rings is 1. The van der Waals surface area contributed by atoms with Crippen molar-refractivity contribution in [2.45, 2.75) is 0 Å². The van der Waals surface area contributed by atoms with Gasteiger partial charge in [-0.25, -0.2) is 0 Å². The summed E-state index contributed by atoms with van der Waals surface area (Å²) < 4.78 is 16.4. The summed E-state index contributed by atoms with van der Waals surface area (Å²) in [5.74, 6) is 1.50. The number of thiophene rings is 1. The Balaban J connectivity index is 2.36. The SMILES string of the molecule is COc1ccc2c(=O)cc(-c3cccs3)oc2c1OC. The number of methoxy groups -OCH3 is 2. The number of ether oxygens (including phenoxy) is 2. The maximum atomic E-state index is 12.2. The van der Waals surface area contributed by atoms with Crippen molar-refractivity contribution in [3.8, 4) is 22.1 Å². The normalized spacial score (nSPS) is 10.7. The first-order valence-corrected chi connectivity index (χ1v) is 6.85. The molecule has 0 saturated heterocycles. The van der Waals surface area contributed by atoms with Gasteiger partial charge in [0.15, 0.2) is 16.8 Å². The molecule has 0 saturated carbocycles. The molecule has 2 aromatic heterocycles. The lowest BCUT2D eigenvalue weighted by molar-refractivity contribution is 0.353. The molecule has 20 heavy (non-hydrogen) atoms. The standard InChI is InChI=1S/C15H12O4S/c1-17-11-6-5-9-10(16)8-12(13-4-3-7-20-13)19-14(9)15(11)18-2/h3-8H,1-2H3. The summed E-state index contributed by atoms with van der Waals surface area (Å²) in [5.41, 5.74) is 0.304. The smallest absolute Gasteiger partial charge is 0.204 e. The Kier molecular flexibility index (Phi) is 3.20. The average molecular weight is 288 g/mol. The molecule has 0 spiro atoms. The summed E-state index contributed by atoms with van der Waals surface area (Å²) >= 11 is 1.51. The Bertz CT molecular complexity index is 803. The molecule has 2 heterocycles. The van der Waals surface area contributed by atoms with Crippen LogP contribution in [0.25, 0.3) is 21.6 Å². The van der Waals surface area contributed by atoms with Gasteiger partial charge in [-0.2, -0.15) is 0 Å². The molecule has 102 valence electrons. The monoisotopic (exact) mass is 288 g/mol. The predicted octanol–water partition coefficient (Wildman–Crippen LogP) is 3.54. The first kappa shape index (κ1) is 12.7. The van der Waals surface area contributed by atoms with Crippen LogP contribution in [0.4, 0.5) is 0 Å². The van der Waals surface area contributed by atoms with Crippen LogP contribution in [0.2, 0.25) is 0 Å². The lowest BCUT2D eigenvalue weighted by Gasteiger charge is -2.10. The minimum absolute atomic E-state index is 0.101. The summed E-state index contributed by atoms with van der Waals surface area (Å²) in [6.07, 6.45) is 0. The van der Waals surface area contributed by atoms with Crippen molar-refractivity contribution in [3.05, 3.63) is 45.9 Å². The second kappa shape index (κ2) is 5.02. The van der Waals surface area contributed by atoms with Crippen molar-refractivity contribution in [2.24, 2.45) is 0 Å². The summed E-state index contributed by atoms with van der Waals surface area (Å²) in [6, 6.07) is 8.69. The van der Waals surface area contributed by atoms with Gasteiger partial charge < -0.3 is 13.9 Å². The summed E-state index contributed by atoms with van der Waals surface area (Å²) in [4.78, 5) is 13.1. The van der Waals surface area contributed by atoms with Crippen molar-refractivity contribution in [1.29, 1.82) is 0 Å². The van der Waals surface area contributed by atoms with E-state index in [0.717, 1.165) is 4.88 Å². The molecule has 4 nitrogen and oxygen atoms in total. The van der Waals surface area contributed by atoms with Crippen molar-refractivity contribution >= 4 is 22.3 Å². The van der Waals surface area contributed by atoms with Gasteiger partial charge in [-0.15, -0.1) is 11.3 Å². The Morgan fingerprint density at radius 3 is 2.65 bits per heavy atom. The molecule has 0 fully saturated rings. The molecule has 3 aromatic rings. The van der Waals surface area contributed by atoms with Crippen LogP contribution in [-0.2, 0) is 0 Å². The largest absolute Gasteiger partial charge is 0.493 e. The zero-order valence-corrected chi connectivity index (χ0v) is 11.8. The fraction of sp³-hybridized carbons (Fsp3) is 0.133. The van der Waals surface area contributed by atoms with Gasteiger partial charge in [0.1, 0.15) is 5.76 Å². The maximum absolute atomic E-state index is 12.2. The van der Waals surface area contributed by atoms with E-state index in [1.807, 2.05) is 17.5 Å². The van der Waals surface area contributed by atoms with Gasteiger partial charge in [0.05, 0.1) is 24.5 Å². The van der Waals surface area contributed by atoms with E-state index in [1.165, 1.54) is 24.5 Å². The topological polar surface area (TPSA) is 48.7 Å². The highest BCUT2D eigenvalue weighted by Gasteiger charge is 2.15.